The van der Waals surface area contributed by atoms with Crippen LogP contribution in [0.5, 0.6) is 0 Å². The van der Waals surface area contributed by atoms with Gasteiger partial charge in [-0.2, -0.15) is 0 Å². The Hall–Kier alpha value is -1.02. The lowest BCUT2D eigenvalue weighted by Crippen LogP contribution is -2.21. The Morgan fingerprint density at radius 1 is 1.38 bits per heavy atom. The molecule has 0 radical (unpaired) electrons. The van der Waals surface area contributed by atoms with Gasteiger partial charge >= 0.3 is 0 Å². The van der Waals surface area contributed by atoms with Crippen molar-refractivity contribution in [2.45, 2.75) is 13.0 Å². The molecule has 1 unspecified atom stereocenters. The molecule has 1 aromatic rings. The van der Waals surface area contributed by atoms with Crippen molar-refractivity contribution in [2.24, 2.45) is 0 Å². The largest absolute Gasteiger partial charge is 0.383 e. The molecule has 0 spiro atoms. The molecule has 1 aliphatic rings. The fraction of sp³-hybridized carbons (Fsp3) is 0.455. The molecule has 0 saturated carbocycles. The van der Waals surface area contributed by atoms with E-state index in [-0.39, 0.29) is 0 Å². The molecule has 1 aliphatic heterocycles. The summed E-state index contributed by atoms with van der Waals surface area (Å²) in [7, 11) is 4.26. The van der Waals surface area contributed by atoms with Gasteiger partial charge < -0.3 is 10.2 Å². The lowest BCUT2D eigenvalue weighted by Gasteiger charge is -2.18. The molecule has 0 aliphatic carbocycles. The first-order chi connectivity index (χ1) is 6.18. The van der Waals surface area contributed by atoms with Gasteiger partial charge in [0.2, 0.25) is 0 Å². The molecule has 1 N–H and O–H groups in total. The maximum atomic E-state index is 3.42. The first-order valence-corrected chi connectivity index (χ1v) is 4.69. The Morgan fingerprint density at radius 2 is 2.15 bits per heavy atom. The van der Waals surface area contributed by atoms with Gasteiger partial charge in [-0.15, -0.1) is 0 Å². The molecule has 2 heteroatoms. The van der Waals surface area contributed by atoms with Crippen LogP contribution >= 0.6 is 0 Å². The Labute approximate surface area is 79.6 Å². The highest BCUT2D eigenvalue weighted by molar-refractivity contribution is 5.58. The Kier molecular flexibility index (Phi) is 2.00. The predicted molar refractivity (Wildman–Crippen MR) is 56.1 cm³/mol. The van der Waals surface area contributed by atoms with Gasteiger partial charge in [0, 0.05) is 12.2 Å². The number of likely N-dealkylation sites (N-methyl/N-ethyl adjacent to an activating group) is 1. The molecule has 1 aromatic carbocycles. The third-order valence-electron chi connectivity index (χ3n) is 2.68. The number of anilines is 1. The van der Waals surface area contributed by atoms with E-state index >= 15 is 0 Å². The van der Waals surface area contributed by atoms with E-state index in [1.165, 1.54) is 16.8 Å². The summed E-state index contributed by atoms with van der Waals surface area (Å²) in [5.41, 5.74) is 4.07. The van der Waals surface area contributed by atoms with Crippen LogP contribution in [-0.2, 0) is 0 Å². The SMILES string of the molecule is Cc1ccc2c(c1)C(N(C)C)CN2. The van der Waals surface area contributed by atoms with Crippen LogP contribution in [0, 0.1) is 6.92 Å². The fourth-order valence-corrected chi connectivity index (χ4v) is 1.90. The summed E-state index contributed by atoms with van der Waals surface area (Å²) in [6.45, 7) is 3.18. The number of fused-ring (bicyclic) bond motifs is 1. The first kappa shape index (κ1) is 8.57. The van der Waals surface area contributed by atoms with Crippen molar-refractivity contribution in [3.8, 4) is 0 Å². The Balaban J connectivity index is 2.40. The molecule has 13 heavy (non-hydrogen) atoms. The lowest BCUT2D eigenvalue weighted by atomic mass is 10.1. The van der Waals surface area contributed by atoms with E-state index in [1.54, 1.807) is 0 Å². The number of hydrogen-bond donors (Lipinski definition) is 1. The van der Waals surface area contributed by atoms with Crippen molar-refractivity contribution in [2.75, 3.05) is 26.0 Å². The zero-order chi connectivity index (χ0) is 9.42. The van der Waals surface area contributed by atoms with Gasteiger partial charge in [0.1, 0.15) is 0 Å². The highest BCUT2D eigenvalue weighted by Crippen LogP contribution is 2.32. The molecule has 2 nitrogen and oxygen atoms in total. The highest BCUT2D eigenvalue weighted by Gasteiger charge is 2.23. The molecule has 0 bridgehead atoms. The van der Waals surface area contributed by atoms with Crippen molar-refractivity contribution < 1.29 is 0 Å². The number of benzene rings is 1. The molecular formula is C11H16N2. The normalized spacial score (nSPS) is 20.2. The number of aryl methyl sites for hydroxylation is 1. The molecule has 1 heterocycles. The van der Waals surface area contributed by atoms with Crippen molar-refractivity contribution in [3.63, 3.8) is 0 Å². The van der Waals surface area contributed by atoms with E-state index < -0.39 is 0 Å². The smallest absolute Gasteiger partial charge is 0.0536 e. The van der Waals surface area contributed by atoms with E-state index in [9.17, 15) is 0 Å². The predicted octanol–water partition coefficient (Wildman–Crippen LogP) is 2.02. The van der Waals surface area contributed by atoms with Crippen LogP contribution in [0.3, 0.4) is 0 Å². The molecule has 70 valence electrons. The second kappa shape index (κ2) is 3.04. The molecule has 0 amide bonds. The Bertz CT molecular complexity index is 318. The number of nitrogens with one attached hydrogen (secondary N) is 1. The summed E-state index contributed by atoms with van der Waals surface area (Å²) < 4.78 is 0. The zero-order valence-corrected chi connectivity index (χ0v) is 8.46. The minimum absolute atomic E-state index is 0.537. The van der Waals surface area contributed by atoms with Crippen LogP contribution in [0.25, 0.3) is 0 Å². The maximum Gasteiger partial charge on any atom is 0.0536 e. The summed E-state index contributed by atoms with van der Waals surface area (Å²) in [6.07, 6.45) is 0. The van der Waals surface area contributed by atoms with Crippen LogP contribution in [0.15, 0.2) is 18.2 Å². The second-order valence-electron chi connectivity index (χ2n) is 3.95. The number of hydrogen-bond acceptors (Lipinski definition) is 2. The van der Waals surface area contributed by atoms with Crippen LogP contribution in [-0.4, -0.2) is 25.5 Å². The second-order valence-corrected chi connectivity index (χ2v) is 3.95. The van der Waals surface area contributed by atoms with Crippen LogP contribution in [0.2, 0.25) is 0 Å². The molecular weight excluding hydrogens is 160 g/mol. The zero-order valence-electron chi connectivity index (χ0n) is 8.46. The Morgan fingerprint density at radius 3 is 2.85 bits per heavy atom. The quantitative estimate of drug-likeness (QED) is 0.704. The lowest BCUT2D eigenvalue weighted by molar-refractivity contribution is 0.321. The first-order valence-electron chi connectivity index (χ1n) is 4.69. The van der Waals surface area contributed by atoms with E-state index in [4.69, 9.17) is 0 Å². The summed E-state index contributed by atoms with van der Waals surface area (Å²) in [5.74, 6) is 0. The van der Waals surface area contributed by atoms with Gasteiger partial charge in [-0.05, 0) is 32.6 Å². The van der Waals surface area contributed by atoms with E-state index in [0.29, 0.717) is 6.04 Å². The van der Waals surface area contributed by atoms with Crippen molar-refractivity contribution in [1.82, 2.24) is 4.90 Å². The van der Waals surface area contributed by atoms with Crippen molar-refractivity contribution in [3.05, 3.63) is 29.3 Å². The number of rotatable bonds is 1. The van der Waals surface area contributed by atoms with Crippen LogP contribution < -0.4 is 5.32 Å². The van der Waals surface area contributed by atoms with Gasteiger partial charge in [0.05, 0.1) is 6.04 Å². The van der Waals surface area contributed by atoms with Crippen molar-refractivity contribution in [1.29, 1.82) is 0 Å². The molecule has 0 aromatic heterocycles. The average Bonchev–Trinajstić information content (AvgIpc) is 2.46. The highest BCUT2D eigenvalue weighted by atomic mass is 15.1. The summed E-state index contributed by atoms with van der Waals surface area (Å²) >= 11 is 0. The van der Waals surface area contributed by atoms with Gasteiger partial charge in [0.25, 0.3) is 0 Å². The van der Waals surface area contributed by atoms with Gasteiger partial charge in [-0.25, -0.2) is 0 Å². The van der Waals surface area contributed by atoms with Gasteiger partial charge in [-0.1, -0.05) is 17.7 Å². The fourth-order valence-electron chi connectivity index (χ4n) is 1.90. The maximum absolute atomic E-state index is 3.42. The summed E-state index contributed by atoms with van der Waals surface area (Å²) in [5, 5.41) is 3.42. The minimum Gasteiger partial charge on any atom is -0.383 e. The molecule has 2 rings (SSSR count). The summed E-state index contributed by atoms with van der Waals surface area (Å²) in [6, 6.07) is 7.15. The third kappa shape index (κ3) is 1.42. The molecule has 0 fully saturated rings. The monoisotopic (exact) mass is 176 g/mol. The van der Waals surface area contributed by atoms with E-state index in [0.717, 1.165) is 6.54 Å². The third-order valence-corrected chi connectivity index (χ3v) is 2.68. The van der Waals surface area contributed by atoms with E-state index in [2.05, 4.69) is 49.4 Å². The standard InChI is InChI=1S/C11H16N2/c1-8-4-5-10-9(6-8)11(7-12-10)13(2)3/h4-6,11-12H,7H2,1-3H3. The topological polar surface area (TPSA) is 15.3 Å². The average molecular weight is 176 g/mol. The molecule has 0 saturated heterocycles. The van der Waals surface area contributed by atoms with Crippen LogP contribution in [0.1, 0.15) is 17.2 Å². The van der Waals surface area contributed by atoms with Crippen molar-refractivity contribution >= 4 is 5.69 Å². The summed E-state index contributed by atoms with van der Waals surface area (Å²) in [4.78, 5) is 2.26. The van der Waals surface area contributed by atoms with Gasteiger partial charge in [-0.3, -0.25) is 0 Å². The molecule has 1 atom stereocenters. The van der Waals surface area contributed by atoms with Gasteiger partial charge in [0.15, 0.2) is 0 Å². The minimum atomic E-state index is 0.537. The number of nitrogens with zero attached hydrogens (tertiary/aromatic N) is 1. The van der Waals surface area contributed by atoms with Crippen LogP contribution in [0.4, 0.5) is 5.69 Å². The van der Waals surface area contributed by atoms with E-state index in [1.807, 2.05) is 0 Å².